The molecule has 3 heterocycles. The number of hydrogen-bond acceptors (Lipinski definition) is 4. The van der Waals surface area contributed by atoms with Gasteiger partial charge in [-0.15, -0.1) is 11.3 Å². The molecule has 0 unspecified atom stereocenters. The molecule has 1 N–H and O–H groups in total. The average Bonchev–Trinajstić information content (AvgIpc) is 2.93. The summed E-state index contributed by atoms with van der Waals surface area (Å²) in [5.74, 6) is 0.694. The zero-order valence-corrected chi connectivity index (χ0v) is 12.0. The highest BCUT2D eigenvalue weighted by atomic mass is 32.1. The SMILES string of the molecule is CCc1nc(-c2cccnc2)sc1C1CCNCC1. The molecule has 0 radical (unpaired) electrons. The molecule has 1 saturated heterocycles. The van der Waals surface area contributed by atoms with Crippen molar-refractivity contribution in [3.8, 4) is 10.6 Å². The first-order valence-electron chi connectivity index (χ1n) is 6.99. The van der Waals surface area contributed by atoms with Crippen LogP contribution in [0.1, 0.15) is 36.3 Å². The number of thiazole rings is 1. The van der Waals surface area contributed by atoms with Crippen LogP contribution in [-0.2, 0) is 6.42 Å². The molecule has 3 nitrogen and oxygen atoms in total. The van der Waals surface area contributed by atoms with Crippen molar-refractivity contribution in [2.24, 2.45) is 0 Å². The van der Waals surface area contributed by atoms with E-state index in [1.165, 1.54) is 23.4 Å². The van der Waals surface area contributed by atoms with Gasteiger partial charge in [0, 0.05) is 22.8 Å². The molecule has 1 fully saturated rings. The van der Waals surface area contributed by atoms with E-state index in [-0.39, 0.29) is 0 Å². The summed E-state index contributed by atoms with van der Waals surface area (Å²) in [7, 11) is 0. The molecule has 1 aliphatic rings. The van der Waals surface area contributed by atoms with Gasteiger partial charge in [0.1, 0.15) is 5.01 Å². The Morgan fingerprint density at radius 1 is 1.37 bits per heavy atom. The van der Waals surface area contributed by atoms with E-state index >= 15 is 0 Å². The first kappa shape index (κ1) is 12.8. The van der Waals surface area contributed by atoms with Crippen LogP contribution in [0, 0.1) is 0 Å². The summed E-state index contributed by atoms with van der Waals surface area (Å²) in [5.41, 5.74) is 2.43. The Kier molecular flexibility index (Phi) is 3.89. The lowest BCUT2D eigenvalue weighted by molar-refractivity contribution is 0.463. The molecule has 0 aromatic carbocycles. The molecule has 0 aliphatic carbocycles. The maximum Gasteiger partial charge on any atom is 0.125 e. The summed E-state index contributed by atoms with van der Waals surface area (Å²) >= 11 is 1.86. The van der Waals surface area contributed by atoms with Crippen LogP contribution in [0.15, 0.2) is 24.5 Å². The number of nitrogens with zero attached hydrogens (tertiary/aromatic N) is 2. The van der Waals surface area contributed by atoms with Crippen LogP contribution in [-0.4, -0.2) is 23.1 Å². The van der Waals surface area contributed by atoms with Gasteiger partial charge in [0.15, 0.2) is 0 Å². The lowest BCUT2D eigenvalue weighted by Crippen LogP contribution is -2.26. The van der Waals surface area contributed by atoms with Crippen LogP contribution in [0.3, 0.4) is 0 Å². The van der Waals surface area contributed by atoms with E-state index in [1.54, 1.807) is 0 Å². The predicted octanol–water partition coefficient (Wildman–Crippen LogP) is 3.23. The zero-order valence-electron chi connectivity index (χ0n) is 11.2. The molecule has 100 valence electrons. The van der Waals surface area contributed by atoms with E-state index in [2.05, 4.69) is 23.3 Å². The van der Waals surface area contributed by atoms with Crippen molar-refractivity contribution >= 4 is 11.3 Å². The van der Waals surface area contributed by atoms with E-state index in [9.17, 15) is 0 Å². The predicted molar refractivity (Wildman–Crippen MR) is 79.6 cm³/mol. The van der Waals surface area contributed by atoms with Crippen molar-refractivity contribution in [2.75, 3.05) is 13.1 Å². The minimum Gasteiger partial charge on any atom is -0.317 e. The molecular weight excluding hydrogens is 254 g/mol. The van der Waals surface area contributed by atoms with Gasteiger partial charge in [-0.2, -0.15) is 0 Å². The average molecular weight is 273 g/mol. The number of aryl methyl sites for hydroxylation is 1. The normalized spacial score (nSPS) is 16.7. The van der Waals surface area contributed by atoms with E-state index in [4.69, 9.17) is 4.98 Å². The third-order valence-electron chi connectivity index (χ3n) is 3.68. The molecule has 4 heteroatoms. The number of rotatable bonds is 3. The van der Waals surface area contributed by atoms with Gasteiger partial charge in [-0.1, -0.05) is 6.92 Å². The number of nitrogens with one attached hydrogen (secondary N) is 1. The van der Waals surface area contributed by atoms with Gasteiger partial charge in [-0.05, 0) is 50.4 Å². The molecule has 0 spiro atoms. The molecule has 2 aromatic rings. The van der Waals surface area contributed by atoms with Crippen LogP contribution in [0.2, 0.25) is 0 Å². The molecule has 0 atom stereocenters. The van der Waals surface area contributed by atoms with Crippen LogP contribution < -0.4 is 5.32 Å². The lowest BCUT2D eigenvalue weighted by atomic mass is 9.95. The van der Waals surface area contributed by atoms with Gasteiger partial charge >= 0.3 is 0 Å². The van der Waals surface area contributed by atoms with Gasteiger partial charge in [0.25, 0.3) is 0 Å². The Bertz CT molecular complexity index is 530. The fourth-order valence-electron chi connectivity index (χ4n) is 2.63. The van der Waals surface area contributed by atoms with Crippen molar-refractivity contribution in [2.45, 2.75) is 32.1 Å². The highest BCUT2D eigenvalue weighted by molar-refractivity contribution is 7.15. The monoisotopic (exact) mass is 273 g/mol. The number of piperidine rings is 1. The molecular formula is C15H19N3S. The first-order valence-corrected chi connectivity index (χ1v) is 7.81. The smallest absolute Gasteiger partial charge is 0.125 e. The van der Waals surface area contributed by atoms with Crippen LogP contribution in [0.25, 0.3) is 10.6 Å². The second kappa shape index (κ2) is 5.80. The largest absolute Gasteiger partial charge is 0.317 e. The number of pyridine rings is 1. The first-order chi connectivity index (χ1) is 9.38. The standard InChI is InChI=1S/C15H19N3S/c1-2-13-14(11-5-8-16-9-6-11)19-15(18-13)12-4-3-7-17-10-12/h3-4,7,10-11,16H,2,5-6,8-9H2,1H3. The second-order valence-electron chi connectivity index (χ2n) is 4.95. The van der Waals surface area contributed by atoms with Gasteiger partial charge in [-0.3, -0.25) is 4.98 Å². The molecule has 19 heavy (non-hydrogen) atoms. The molecule has 0 amide bonds. The fraction of sp³-hybridized carbons (Fsp3) is 0.467. The van der Waals surface area contributed by atoms with Gasteiger partial charge < -0.3 is 5.32 Å². The summed E-state index contributed by atoms with van der Waals surface area (Å²) in [6.45, 7) is 4.47. The van der Waals surface area contributed by atoms with Crippen LogP contribution in [0.4, 0.5) is 0 Å². The Hall–Kier alpha value is -1.26. The third-order valence-corrected chi connectivity index (χ3v) is 4.99. The Labute approximate surface area is 118 Å². The number of aromatic nitrogens is 2. The lowest BCUT2D eigenvalue weighted by Gasteiger charge is -2.22. The fourth-order valence-corrected chi connectivity index (χ4v) is 3.95. The Morgan fingerprint density at radius 3 is 2.89 bits per heavy atom. The molecule has 1 aliphatic heterocycles. The van der Waals surface area contributed by atoms with Crippen molar-refractivity contribution in [1.29, 1.82) is 0 Å². The van der Waals surface area contributed by atoms with Crippen molar-refractivity contribution < 1.29 is 0 Å². The molecule has 0 saturated carbocycles. The van der Waals surface area contributed by atoms with Crippen LogP contribution >= 0.6 is 11.3 Å². The Morgan fingerprint density at radius 2 is 2.21 bits per heavy atom. The summed E-state index contributed by atoms with van der Waals surface area (Å²) in [6, 6.07) is 4.07. The third kappa shape index (κ3) is 2.69. The second-order valence-corrected chi connectivity index (χ2v) is 5.98. The maximum absolute atomic E-state index is 4.83. The highest BCUT2D eigenvalue weighted by Crippen LogP contribution is 2.36. The quantitative estimate of drug-likeness (QED) is 0.933. The maximum atomic E-state index is 4.83. The topological polar surface area (TPSA) is 37.8 Å². The molecule has 2 aromatic heterocycles. The molecule has 3 rings (SSSR count). The zero-order chi connectivity index (χ0) is 13.1. The van der Waals surface area contributed by atoms with Gasteiger partial charge in [0.2, 0.25) is 0 Å². The van der Waals surface area contributed by atoms with E-state index in [1.807, 2.05) is 29.8 Å². The van der Waals surface area contributed by atoms with Crippen molar-refractivity contribution in [1.82, 2.24) is 15.3 Å². The van der Waals surface area contributed by atoms with Crippen LogP contribution in [0.5, 0.6) is 0 Å². The summed E-state index contributed by atoms with van der Waals surface area (Å²) in [4.78, 5) is 10.5. The summed E-state index contributed by atoms with van der Waals surface area (Å²) < 4.78 is 0. The summed E-state index contributed by atoms with van der Waals surface area (Å²) in [6.07, 6.45) is 7.22. The van der Waals surface area contributed by atoms with Gasteiger partial charge in [0.05, 0.1) is 5.69 Å². The molecule has 0 bridgehead atoms. The minimum atomic E-state index is 0.694. The van der Waals surface area contributed by atoms with E-state index < -0.39 is 0 Å². The van der Waals surface area contributed by atoms with Crippen molar-refractivity contribution in [3.05, 3.63) is 35.1 Å². The van der Waals surface area contributed by atoms with Crippen molar-refractivity contribution in [3.63, 3.8) is 0 Å². The highest BCUT2D eigenvalue weighted by Gasteiger charge is 2.22. The summed E-state index contributed by atoms with van der Waals surface area (Å²) in [5, 5.41) is 4.56. The van der Waals surface area contributed by atoms with E-state index in [0.29, 0.717) is 5.92 Å². The Balaban J connectivity index is 1.94. The van der Waals surface area contributed by atoms with E-state index in [0.717, 1.165) is 30.1 Å². The minimum absolute atomic E-state index is 0.694. The number of hydrogen-bond donors (Lipinski definition) is 1. The van der Waals surface area contributed by atoms with Gasteiger partial charge in [-0.25, -0.2) is 4.98 Å².